The molecule has 0 aliphatic rings. The highest BCUT2D eigenvalue weighted by molar-refractivity contribution is 5.90. The van der Waals surface area contributed by atoms with Crippen LogP contribution in [0.2, 0.25) is 0 Å². The zero-order chi connectivity index (χ0) is 66.8. The zero-order valence-electron chi connectivity index (χ0n) is 55.2. The lowest BCUT2D eigenvalue weighted by molar-refractivity contribution is 1.28. The van der Waals surface area contributed by atoms with Gasteiger partial charge < -0.3 is 19.6 Å². The van der Waals surface area contributed by atoms with Gasteiger partial charge in [0.25, 0.3) is 0 Å². The lowest BCUT2D eigenvalue weighted by Gasteiger charge is -2.28. The molecule has 0 unspecified atom stereocenters. The molecule has 0 aliphatic carbocycles. The number of anilines is 12. The van der Waals surface area contributed by atoms with Gasteiger partial charge in [-0.2, -0.15) is 0 Å². The van der Waals surface area contributed by atoms with Gasteiger partial charge in [-0.3, -0.25) is 0 Å². The summed E-state index contributed by atoms with van der Waals surface area (Å²) in [4.78, 5) is 9.39. The van der Waals surface area contributed by atoms with E-state index in [2.05, 4.69) is 444 Å². The molecule has 0 saturated carbocycles. The van der Waals surface area contributed by atoms with Crippen molar-refractivity contribution in [2.45, 2.75) is 0 Å². The van der Waals surface area contributed by atoms with E-state index in [1.807, 2.05) is 0 Å². The van der Waals surface area contributed by atoms with E-state index < -0.39 is 0 Å². The second kappa shape index (κ2) is 28.6. The predicted octanol–water partition coefficient (Wildman–Crippen LogP) is 27.2. The molecule has 0 spiro atoms. The first-order valence-electron chi connectivity index (χ1n) is 34.1. The fourth-order valence-corrected chi connectivity index (χ4v) is 13.6. The molecule has 0 fully saturated rings. The van der Waals surface area contributed by atoms with Gasteiger partial charge in [0.05, 0.1) is 0 Å². The maximum absolute atomic E-state index is 2.40. The summed E-state index contributed by atoms with van der Waals surface area (Å²) in [6.45, 7) is 0. The Balaban J connectivity index is 0.748. The third-order valence-corrected chi connectivity index (χ3v) is 18.6. The van der Waals surface area contributed by atoms with Crippen molar-refractivity contribution in [2.24, 2.45) is 0 Å². The molecule has 0 aromatic heterocycles. The highest BCUT2D eigenvalue weighted by atomic mass is 15.2. The second-order valence-corrected chi connectivity index (χ2v) is 25.0. The molecule has 16 aromatic carbocycles. The van der Waals surface area contributed by atoms with Gasteiger partial charge in [0.1, 0.15) is 0 Å². The van der Waals surface area contributed by atoms with Crippen LogP contribution in [-0.2, 0) is 0 Å². The topological polar surface area (TPSA) is 13.0 Å². The molecule has 0 radical (unpaired) electrons. The Bertz CT molecular complexity index is 4780. The maximum Gasteiger partial charge on any atom is 0.0473 e. The van der Waals surface area contributed by atoms with Crippen LogP contribution in [0.1, 0.15) is 0 Å². The van der Waals surface area contributed by atoms with E-state index in [1.165, 1.54) is 0 Å². The molecule has 0 aliphatic heterocycles. The summed E-state index contributed by atoms with van der Waals surface area (Å²) in [5.74, 6) is 0. The van der Waals surface area contributed by atoms with E-state index in [-0.39, 0.29) is 0 Å². The van der Waals surface area contributed by atoms with Crippen molar-refractivity contribution in [2.75, 3.05) is 19.6 Å². The summed E-state index contributed by atoms with van der Waals surface area (Å²) < 4.78 is 0. The fraction of sp³-hybridized carbons (Fsp3) is 0. The smallest absolute Gasteiger partial charge is 0.0473 e. The summed E-state index contributed by atoms with van der Waals surface area (Å²) in [5.41, 5.74) is 28.9. The highest BCUT2D eigenvalue weighted by Gasteiger charge is 2.21. The zero-order valence-corrected chi connectivity index (χ0v) is 55.2. The van der Waals surface area contributed by atoms with Crippen LogP contribution < -0.4 is 19.6 Å². The van der Waals surface area contributed by atoms with Crippen LogP contribution in [0.3, 0.4) is 0 Å². The van der Waals surface area contributed by atoms with E-state index in [0.29, 0.717) is 0 Å². The minimum absolute atomic E-state index is 1.04. The molecule has 0 amide bonds. The minimum atomic E-state index is 1.04. The number of hydrogen-bond acceptors (Lipinski definition) is 4. The molecule has 16 aromatic rings. The number of nitrogens with zero attached hydrogens (tertiary/aromatic N) is 4. The van der Waals surface area contributed by atoms with E-state index >= 15 is 0 Å². The van der Waals surface area contributed by atoms with Crippen LogP contribution in [0.25, 0.3) is 77.9 Å². The number of benzene rings is 16. The van der Waals surface area contributed by atoms with Crippen molar-refractivity contribution >= 4 is 68.2 Å². The molecule has 0 N–H and O–H groups in total. The first-order valence-corrected chi connectivity index (χ1v) is 34.1. The van der Waals surface area contributed by atoms with Crippen LogP contribution >= 0.6 is 0 Å². The van der Waals surface area contributed by atoms with Gasteiger partial charge in [0.2, 0.25) is 0 Å². The van der Waals surface area contributed by atoms with Gasteiger partial charge >= 0.3 is 0 Å². The number of hydrogen-bond donors (Lipinski definition) is 0. The summed E-state index contributed by atoms with van der Waals surface area (Å²) in [5, 5.41) is 0. The van der Waals surface area contributed by atoms with Gasteiger partial charge in [-0.05, 0) is 236 Å². The number of para-hydroxylation sites is 4. The molecule has 0 atom stereocenters. The monoisotopic (exact) mass is 1280 g/mol. The van der Waals surface area contributed by atoms with Crippen molar-refractivity contribution in [1.82, 2.24) is 0 Å². The van der Waals surface area contributed by atoms with Crippen LogP contribution in [0, 0.1) is 0 Å². The second-order valence-electron chi connectivity index (χ2n) is 25.0. The maximum atomic E-state index is 2.40. The Morgan fingerprint density at radius 1 is 0.0900 bits per heavy atom. The van der Waals surface area contributed by atoms with E-state index in [0.717, 1.165) is 146 Å². The van der Waals surface area contributed by atoms with Gasteiger partial charge in [0, 0.05) is 68.2 Å². The van der Waals surface area contributed by atoms with Crippen LogP contribution in [0.4, 0.5) is 68.2 Å². The Labute approximate surface area is 586 Å². The lowest BCUT2D eigenvalue weighted by atomic mass is 9.96. The van der Waals surface area contributed by atoms with E-state index in [4.69, 9.17) is 0 Å². The Morgan fingerprint density at radius 3 is 0.390 bits per heavy atom. The Hall–Kier alpha value is -13.3. The van der Waals surface area contributed by atoms with Gasteiger partial charge in [-0.15, -0.1) is 0 Å². The van der Waals surface area contributed by atoms with Gasteiger partial charge in [-0.25, -0.2) is 0 Å². The Morgan fingerprint density at radius 2 is 0.220 bits per heavy atom. The normalized spacial score (nSPS) is 11.0. The molecular formula is C96H70N4. The summed E-state index contributed by atoms with van der Waals surface area (Å²) in [6, 6.07) is 153. The lowest BCUT2D eigenvalue weighted by Crippen LogP contribution is -2.10. The molecule has 100 heavy (non-hydrogen) atoms. The fourth-order valence-electron chi connectivity index (χ4n) is 13.6. The summed E-state index contributed by atoms with van der Waals surface area (Å²) >= 11 is 0. The standard InChI is InChI=1S/C96H70N4/c1-9-25-71(26-10-1)81-65-82(72-27-11-2-12-28-72)68-95(67-81)99(91-57-45-77(46-58-91)75-41-53-89(54-42-75)97(85-33-17-5-18-34-85)86-35-19-6-20-36-86)93-61-49-79(50-62-93)80-51-63-94(64-52-80)100(96-69-83(73-29-13-3-14-30-73)66-84(70-96)74-31-15-4-16-32-74)92-59-47-78(48-60-92)76-43-55-90(56-44-76)98(87-37-21-7-22-38-87)88-39-23-8-24-40-88/h1-70H. The van der Waals surface area contributed by atoms with Crippen LogP contribution in [-0.4, -0.2) is 0 Å². The minimum Gasteiger partial charge on any atom is -0.311 e. The van der Waals surface area contributed by atoms with Crippen molar-refractivity contribution < 1.29 is 0 Å². The van der Waals surface area contributed by atoms with Crippen molar-refractivity contribution in [3.05, 3.63) is 425 Å². The largest absolute Gasteiger partial charge is 0.311 e. The molecule has 474 valence electrons. The first kappa shape index (κ1) is 61.6. The highest BCUT2D eigenvalue weighted by Crippen LogP contribution is 2.45. The summed E-state index contributed by atoms with van der Waals surface area (Å²) in [7, 11) is 0. The van der Waals surface area contributed by atoms with Crippen molar-refractivity contribution in [3.8, 4) is 77.9 Å². The third-order valence-electron chi connectivity index (χ3n) is 18.6. The van der Waals surface area contributed by atoms with Crippen LogP contribution in [0.5, 0.6) is 0 Å². The average Bonchev–Trinajstić information content (AvgIpc) is 0.791. The van der Waals surface area contributed by atoms with E-state index in [9.17, 15) is 0 Å². The SMILES string of the molecule is c1ccc(-c2cc(-c3ccccc3)cc(N(c3ccc(-c4ccc(N(c5ccccc5)c5ccccc5)cc4)cc3)c3ccc(-c4ccc(N(c5ccc(-c6ccc(N(c7ccccc7)c7ccccc7)cc6)cc5)c5cc(-c6ccccc6)cc(-c6ccccc6)c5)cc4)cc3)c2)cc1. The number of rotatable bonds is 19. The van der Waals surface area contributed by atoms with Crippen molar-refractivity contribution in [3.63, 3.8) is 0 Å². The average molecular weight is 1280 g/mol. The molecule has 4 heteroatoms. The predicted molar refractivity (Wildman–Crippen MR) is 423 cm³/mol. The molecule has 0 bridgehead atoms. The van der Waals surface area contributed by atoms with E-state index in [1.54, 1.807) is 0 Å². The third kappa shape index (κ3) is 13.4. The first-order chi connectivity index (χ1) is 49.6. The summed E-state index contributed by atoms with van der Waals surface area (Å²) in [6.07, 6.45) is 0. The van der Waals surface area contributed by atoms with Gasteiger partial charge in [-0.1, -0.05) is 267 Å². The molecular weight excluding hydrogens is 1210 g/mol. The molecule has 16 rings (SSSR count). The molecule has 4 nitrogen and oxygen atoms in total. The Kier molecular flexibility index (Phi) is 17.6. The molecule has 0 heterocycles. The van der Waals surface area contributed by atoms with Crippen LogP contribution in [0.15, 0.2) is 425 Å². The molecule has 0 saturated heterocycles. The van der Waals surface area contributed by atoms with Gasteiger partial charge in [0.15, 0.2) is 0 Å². The van der Waals surface area contributed by atoms with Crippen molar-refractivity contribution in [1.29, 1.82) is 0 Å². The quantitative estimate of drug-likeness (QED) is 0.0800.